The van der Waals surface area contributed by atoms with E-state index >= 15 is 0 Å². The van der Waals surface area contributed by atoms with Gasteiger partial charge in [0.15, 0.2) is 0 Å². The van der Waals surface area contributed by atoms with E-state index in [1.54, 1.807) is 18.2 Å². The van der Waals surface area contributed by atoms with Gasteiger partial charge in [0.05, 0.1) is 16.3 Å². The Morgan fingerprint density at radius 3 is 2.42 bits per heavy atom. The van der Waals surface area contributed by atoms with E-state index in [9.17, 15) is 8.42 Å². The second-order valence-electron chi connectivity index (χ2n) is 5.58. The number of nitrogen functional groups attached to an aromatic ring is 1. The highest BCUT2D eigenvalue weighted by Gasteiger charge is 2.32. The van der Waals surface area contributed by atoms with Crippen molar-refractivity contribution in [2.24, 2.45) is 0 Å². The van der Waals surface area contributed by atoms with Crippen molar-refractivity contribution in [2.45, 2.75) is 36.6 Å². The molecule has 1 fully saturated rings. The summed E-state index contributed by atoms with van der Waals surface area (Å²) < 4.78 is 25.4. The fraction of sp³-hybridized carbons (Fsp3) is 0.538. The molecule has 6 heteroatoms. The Kier molecular flexibility index (Phi) is 3.49. The van der Waals surface area contributed by atoms with Crippen molar-refractivity contribution in [3.63, 3.8) is 0 Å². The van der Waals surface area contributed by atoms with Crippen LogP contribution in [0.4, 0.5) is 11.4 Å². The summed E-state index contributed by atoms with van der Waals surface area (Å²) in [7, 11) is -0.383. The van der Waals surface area contributed by atoms with Crippen molar-refractivity contribution < 1.29 is 8.42 Å². The summed E-state index contributed by atoms with van der Waals surface area (Å²) >= 11 is 0. The predicted octanol–water partition coefficient (Wildman–Crippen LogP) is 1.87. The van der Waals surface area contributed by atoms with Crippen LogP contribution in [0.25, 0.3) is 0 Å². The highest BCUT2D eigenvalue weighted by molar-refractivity contribution is 7.89. The zero-order valence-corrected chi connectivity index (χ0v) is 12.4. The first-order valence-corrected chi connectivity index (χ1v) is 7.79. The molecule has 106 valence electrons. The number of rotatable bonds is 4. The van der Waals surface area contributed by atoms with E-state index in [-0.39, 0.29) is 10.4 Å². The van der Waals surface area contributed by atoms with Gasteiger partial charge in [-0.15, -0.1) is 0 Å². The molecule has 0 spiro atoms. The van der Waals surface area contributed by atoms with E-state index < -0.39 is 10.0 Å². The van der Waals surface area contributed by atoms with E-state index in [2.05, 4.69) is 12.2 Å². The molecule has 0 amide bonds. The number of hydrogen-bond acceptors (Lipinski definition) is 4. The van der Waals surface area contributed by atoms with Crippen LogP contribution in [0, 0.1) is 0 Å². The van der Waals surface area contributed by atoms with Crippen molar-refractivity contribution >= 4 is 21.4 Å². The standard InChI is InChI=1S/C13H21N3O2S/c1-13(7-4-8-13)15-12-9-10(5-6-11(12)14)19(17,18)16(2)3/h5-6,9,15H,4,7-8,14H2,1-3H3. The fourth-order valence-electron chi connectivity index (χ4n) is 2.17. The van der Waals surface area contributed by atoms with E-state index in [0.29, 0.717) is 11.4 Å². The van der Waals surface area contributed by atoms with Crippen LogP contribution in [-0.2, 0) is 10.0 Å². The van der Waals surface area contributed by atoms with Crippen molar-refractivity contribution in [2.75, 3.05) is 25.1 Å². The minimum absolute atomic E-state index is 0.0363. The van der Waals surface area contributed by atoms with Gasteiger partial charge in [-0.25, -0.2) is 12.7 Å². The maximum absolute atomic E-state index is 12.1. The molecule has 3 N–H and O–H groups in total. The summed E-state index contributed by atoms with van der Waals surface area (Å²) in [4.78, 5) is 0.261. The topological polar surface area (TPSA) is 75.4 Å². The molecule has 5 nitrogen and oxygen atoms in total. The molecule has 0 aromatic heterocycles. The third-order valence-corrected chi connectivity index (χ3v) is 5.51. The Morgan fingerprint density at radius 1 is 1.32 bits per heavy atom. The molecule has 0 atom stereocenters. The smallest absolute Gasteiger partial charge is 0.242 e. The Bertz CT molecular complexity index is 578. The summed E-state index contributed by atoms with van der Waals surface area (Å²) in [6.45, 7) is 2.13. The van der Waals surface area contributed by atoms with Gasteiger partial charge in [-0.1, -0.05) is 0 Å². The van der Waals surface area contributed by atoms with Crippen LogP contribution in [0.3, 0.4) is 0 Å². The zero-order chi connectivity index (χ0) is 14.3. The summed E-state index contributed by atoms with van der Waals surface area (Å²) in [5, 5.41) is 3.37. The van der Waals surface area contributed by atoms with Gasteiger partial charge in [-0.3, -0.25) is 0 Å². The quantitative estimate of drug-likeness (QED) is 0.827. The van der Waals surface area contributed by atoms with Crippen LogP contribution in [0.5, 0.6) is 0 Å². The van der Waals surface area contributed by atoms with Gasteiger partial charge in [-0.05, 0) is 44.4 Å². The lowest BCUT2D eigenvalue weighted by molar-refractivity contribution is 0.307. The van der Waals surface area contributed by atoms with Crippen molar-refractivity contribution in [1.82, 2.24) is 4.31 Å². The van der Waals surface area contributed by atoms with Crippen molar-refractivity contribution in [3.8, 4) is 0 Å². The number of hydrogen-bond donors (Lipinski definition) is 2. The molecule has 0 bridgehead atoms. The number of sulfonamides is 1. The predicted molar refractivity (Wildman–Crippen MR) is 77.6 cm³/mol. The van der Waals surface area contributed by atoms with Crippen LogP contribution in [0.1, 0.15) is 26.2 Å². The van der Waals surface area contributed by atoms with Crippen LogP contribution in [0.2, 0.25) is 0 Å². The maximum Gasteiger partial charge on any atom is 0.242 e. The number of benzene rings is 1. The van der Waals surface area contributed by atoms with Crippen LogP contribution in [-0.4, -0.2) is 32.4 Å². The molecule has 0 aliphatic heterocycles. The largest absolute Gasteiger partial charge is 0.397 e. The first-order valence-electron chi connectivity index (χ1n) is 6.35. The number of nitrogens with one attached hydrogen (secondary N) is 1. The monoisotopic (exact) mass is 283 g/mol. The van der Waals surface area contributed by atoms with Gasteiger partial charge in [-0.2, -0.15) is 0 Å². The van der Waals surface area contributed by atoms with Gasteiger partial charge in [0.25, 0.3) is 0 Å². The van der Waals surface area contributed by atoms with Crippen molar-refractivity contribution in [1.29, 1.82) is 0 Å². The SMILES string of the molecule is CN(C)S(=O)(=O)c1ccc(N)c(NC2(C)CCC2)c1. The normalized spacial score (nSPS) is 18.1. The lowest BCUT2D eigenvalue weighted by Gasteiger charge is -2.40. The minimum atomic E-state index is -3.42. The van der Waals surface area contributed by atoms with Gasteiger partial charge in [0.2, 0.25) is 10.0 Å². The number of nitrogens with zero attached hydrogens (tertiary/aromatic N) is 1. The van der Waals surface area contributed by atoms with E-state index in [0.717, 1.165) is 12.8 Å². The molecule has 0 radical (unpaired) electrons. The molecule has 0 saturated heterocycles. The lowest BCUT2D eigenvalue weighted by atomic mass is 9.78. The highest BCUT2D eigenvalue weighted by atomic mass is 32.2. The Morgan fingerprint density at radius 2 is 1.95 bits per heavy atom. The van der Waals surface area contributed by atoms with Gasteiger partial charge >= 0.3 is 0 Å². The van der Waals surface area contributed by atoms with Crippen molar-refractivity contribution in [3.05, 3.63) is 18.2 Å². The minimum Gasteiger partial charge on any atom is -0.397 e. The summed E-state index contributed by atoms with van der Waals surface area (Å²) in [5.74, 6) is 0. The molecule has 1 aromatic carbocycles. The van der Waals surface area contributed by atoms with Gasteiger partial charge in [0, 0.05) is 19.6 Å². The molecule has 1 aliphatic carbocycles. The third kappa shape index (κ3) is 2.69. The molecule has 1 aromatic rings. The van der Waals surface area contributed by atoms with Crippen LogP contribution < -0.4 is 11.1 Å². The third-order valence-electron chi connectivity index (χ3n) is 3.70. The fourth-order valence-corrected chi connectivity index (χ4v) is 3.10. The molecule has 0 heterocycles. The van der Waals surface area contributed by atoms with Crippen LogP contribution in [0.15, 0.2) is 23.1 Å². The second kappa shape index (κ2) is 4.68. The summed E-state index contributed by atoms with van der Waals surface area (Å²) in [5.41, 5.74) is 7.23. The van der Waals surface area contributed by atoms with Crippen LogP contribution >= 0.6 is 0 Å². The van der Waals surface area contributed by atoms with Gasteiger partial charge < -0.3 is 11.1 Å². The maximum atomic E-state index is 12.1. The average Bonchev–Trinajstić information content (AvgIpc) is 2.29. The highest BCUT2D eigenvalue weighted by Crippen LogP contribution is 2.37. The number of nitrogens with two attached hydrogens (primary N) is 1. The molecule has 1 aliphatic rings. The lowest BCUT2D eigenvalue weighted by Crippen LogP contribution is -2.41. The van der Waals surface area contributed by atoms with Gasteiger partial charge in [0.1, 0.15) is 0 Å². The average molecular weight is 283 g/mol. The van der Waals surface area contributed by atoms with E-state index in [1.807, 2.05) is 0 Å². The molecular weight excluding hydrogens is 262 g/mol. The molecule has 19 heavy (non-hydrogen) atoms. The first kappa shape index (κ1) is 14.1. The second-order valence-corrected chi connectivity index (χ2v) is 7.73. The Labute approximate surface area is 114 Å². The molecule has 0 unspecified atom stereocenters. The van der Waals surface area contributed by atoms with E-state index in [1.165, 1.54) is 24.8 Å². The molecular formula is C13H21N3O2S. The first-order chi connectivity index (χ1) is 8.74. The molecule has 1 saturated carbocycles. The zero-order valence-electron chi connectivity index (χ0n) is 11.6. The molecule has 2 rings (SSSR count). The van der Waals surface area contributed by atoms with E-state index in [4.69, 9.17) is 5.73 Å². The Hall–Kier alpha value is -1.27. The summed E-state index contributed by atoms with van der Waals surface area (Å²) in [6, 6.07) is 4.80. The Balaban J connectivity index is 2.35. The summed E-state index contributed by atoms with van der Waals surface area (Å²) in [6.07, 6.45) is 3.35. The number of anilines is 2.